The molecule has 1 heterocycles. The monoisotopic (exact) mass is 339 g/mol. The lowest BCUT2D eigenvalue weighted by Gasteiger charge is -2.11. The normalized spacial score (nSPS) is 10.5. The van der Waals surface area contributed by atoms with Crippen LogP contribution in [0.4, 0.5) is 5.69 Å². The number of rotatable bonds is 6. The number of nitrogens with one attached hydrogen (secondary N) is 1. The van der Waals surface area contributed by atoms with Crippen LogP contribution in [0.15, 0.2) is 67.0 Å². The first kappa shape index (κ1) is 16.3. The van der Waals surface area contributed by atoms with E-state index in [0.717, 1.165) is 17.7 Å². The molecule has 1 aromatic heterocycles. The van der Waals surface area contributed by atoms with E-state index in [-0.39, 0.29) is 5.91 Å². The van der Waals surface area contributed by atoms with Crippen molar-refractivity contribution in [1.82, 2.24) is 9.78 Å². The second kappa shape index (κ2) is 7.79. The Morgan fingerprint density at radius 2 is 1.83 bits per heavy atom. The van der Waals surface area contributed by atoms with Crippen molar-refractivity contribution in [2.45, 2.75) is 19.4 Å². The van der Waals surface area contributed by atoms with Crippen LogP contribution < -0.4 is 5.32 Å². The molecule has 0 aliphatic rings. The van der Waals surface area contributed by atoms with Gasteiger partial charge < -0.3 is 5.32 Å². The minimum atomic E-state index is -0.0397. The minimum Gasteiger partial charge on any atom is -0.326 e. The Morgan fingerprint density at radius 1 is 1.08 bits per heavy atom. The molecule has 1 N–H and O–H groups in total. The lowest BCUT2D eigenvalue weighted by Crippen LogP contribution is -2.15. The Kier molecular flexibility index (Phi) is 5.29. The fourth-order valence-corrected chi connectivity index (χ4v) is 2.66. The van der Waals surface area contributed by atoms with Gasteiger partial charge in [-0.25, -0.2) is 0 Å². The second-order valence-electron chi connectivity index (χ2n) is 5.54. The zero-order valence-corrected chi connectivity index (χ0v) is 13.9. The average Bonchev–Trinajstić information content (AvgIpc) is 3.01. The van der Waals surface area contributed by atoms with Crippen molar-refractivity contribution in [3.63, 3.8) is 0 Å². The van der Waals surface area contributed by atoms with E-state index in [4.69, 9.17) is 11.6 Å². The van der Waals surface area contributed by atoms with E-state index in [9.17, 15) is 4.79 Å². The molecule has 2 aromatic carbocycles. The molecule has 3 aromatic rings. The number of benzene rings is 2. The molecule has 3 rings (SSSR count). The average molecular weight is 340 g/mol. The minimum absolute atomic E-state index is 0.0397. The van der Waals surface area contributed by atoms with Crippen LogP contribution in [0.25, 0.3) is 0 Å². The fourth-order valence-electron chi connectivity index (χ4n) is 2.50. The molecule has 0 unspecified atom stereocenters. The Morgan fingerprint density at radius 3 is 2.58 bits per heavy atom. The number of nitrogens with zero attached hydrogens (tertiary/aromatic N) is 2. The summed E-state index contributed by atoms with van der Waals surface area (Å²) >= 11 is 5.82. The molecule has 0 spiro atoms. The molecule has 0 aliphatic carbocycles. The second-order valence-corrected chi connectivity index (χ2v) is 5.98. The molecule has 1 amide bonds. The number of carbonyl (C=O) groups excluding carboxylic acids is 1. The van der Waals surface area contributed by atoms with Crippen molar-refractivity contribution in [2.24, 2.45) is 0 Å². The highest BCUT2D eigenvalue weighted by atomic mass is 35.5. The summed E-state index contributed by atoms with van der Waals surface area (Å²) in [6, 6.07) is 18.1. The maximum absolute atomic E-state index is 12.2. The summed E-state index contributed by atoms with van der Waals surface area (Å²) in [5, 5.41) is 7.64. The van der Waals surface area contributed by atoms with Crippen molar-refractivity contribution in [3.8, 4) is 0 Å². The van der Waals surface area contributed by atoms with Gasteiger partial charge in [0.05, 0.1) is 11.2 Å². The van der Waals surface area contributed by atoms with E-state index < -0.39 is 0 Å². The van der Waals surface area contributed by atoms with Gasteiger partial charge in [-0.2, -0.15) is 5.10 Å². The number of carbonyl (C=O) groups is 1. The van der Waals surface area contributed by atoms with E-state index in [0.29, 0.717) is 18.0 Å². The Labute approximate surface area is 146 Å². The van der Waals surface area contributed by atoms with Crippen LogP contribution in [-0.4, -0.2) is 15.7 Å². The molecule has 0 bridgehead atoms. The number of aryl methyl sites for hydroxylation is 1. The number of halogens is 1. The summed E-state index contributed by atoms with van der Waals surface area (Å²) in [4.78, 5) is 12.2. The molecule has 4 nitrogen and oxygen atoms in total. The molecule has 122 valence electrons. The molecule has 0 radical (unpaired) electrons. The van der Waals surface area contributed by atoms with Crippen molar-refractivity contribution >= 4 is 23.2 Å². The van der Waals surface area contributed by atoms with E-state index >= 15 is 0 Å². The highest BCUT2D eigenvalue weighted by Crippen LogP contribution is 2.19. The third-order valence-corrected chi connectivity index (χ3v) is 3.89. The van der Waals surface area contributed by atoms with Gasteiger partial charge in [-0.3, -0.25) is 9.48 Å². The summed E-state index contributed by atoms with van der Waals surface area (Å²) in [7, 11) is 0. The Hall–Kier alpha value is -2.59. The standard InChI is InChI=1S/C19H18ClN3O/c20-17-13-21-23(14-17)11-10-19(24)22-18-9-5-4-8-16(18)12-15-6-2-1-3-7-15/h1-9,13-14H,10-12H2,(H,22,24). The molecular weight excluding hydrogens is 322 g/mol. The first-order valence-electron chi connectivity index (χ1n) is 7.80. The van der Waals surface area contributed by atoms with E-state index in [1.165, 1.54) is 5.56 Å². The van der Waals surface area contributed by atoms with Crippen LogP contribution in [0.1, 0.15) is 17.5 Å². The van der Waals surface area contributed by atoms with Crippen molar-refractivity contribution < 1.29 is 4.79 Å². The highest BCUT2D eigenvalue weighted by molar-refractivity contribution is 6.30. The number of amides is 1. The van der Waals surface area contributed by atoms with Gasteiger partial charge in [-0.15, -0.1) is 0 Å². The van der Waals surface area contributed by atoms with Gasteiger partial charge in [0.15, 0.2) is 0 Å². The van der Waals surface area contributed by atoms with Gasteiger partial charge in [0.2, 0.25) is 5.91 Å². The van der Waals surface area contributed by atoms with Crippen LogP contribution >= 0.6 is 11.6 Å². The summed E-state index contributed by atoms with van der Waals surface area (Å²) < 4.78 is 1.66. The van der Waals surface area contributed by atoms with E-state index in [2.05, 4.69) is 22.5 Å². The van der Waals surface area contributed by atoms with Crippen LogP contribution in [0.5, 0.6) is 0 Å². The maximum atomic E-state index is 12.2. The zero-order valence-electron chi connectivity index (χ0n) is 13.2. The smallest absolute Gasteiger partial charge is 0.226 e. The zero-order chi connectivity index (χ0) is 16.8. The topological polar surface area (TPSA) is 46.9 Å². The summed E-state index contributed by atoms with van der Waals surface area (Å²) in [6.07, 6.45) is 4.40. The Bertz CT molecular complexity index is 814. The van der Waals surface area contributed by atoms with Crippen LogP contribution in [-0.2, 0) is 17.8 Å². The van der Waals surface area contributed by atoms with Crippen LogP contribution in [0, 0.1) is 0 Å². The number of hydrogen-bond acceptors (Lipinski definition) is 2. The lowest BCUT2D eigenvalue weighted by molar-refractivity contribution is -0.116. The number of para-hydroxylation sites is 1. The fraction of sp³-hybridized carbons (Fsp3) is 0.158. The van der Waals surface area contributed by atoms with Crippen molar-refractivity contribution in [3.05, 3.63) is 83.1 Å². The molecule has 0 atom stereocenters. The number of hydrogen-bond donors (Lipinski definition) is 1. The van der Waals surface area contributed by atoms with E-state index in [1.807, 2.05) is 42.5 Å². The SMILES string of the molecule is O=C(CCn1cc(Cl)cn1)Nc1ccccc1Cc1ccccc1. The van der Waals surface area contributed by atoms with Crippen LogP contribution in [0.2, 0.25) is 5.02 Å². The largest absolute Gasteiger partial charge is 0.326 e. The predicted molar refractivity (Wildman–Crippen MR) is 96.2 cm³/mol. The van der Waals surface area contributed by atoms with Crippen molar-refractivity contribution in [2.75, 3.05) is 5.32 Å². The highest BCUT2D eigenvalue weighted by Gasteiger charge is 2.08. The molecular formula is C19H18ClN3O. The molecule has 0 aliphatic heterocycles. The molecule has 0 fully saturated rings. The molecule has 0 saturated heterocycles. The first-order valence-corrected chi connectivity index (χ1v) is 8.18. The Balaban J connectivity index is 1.63. The third-order valence-electron chi connectivity index (χ3n) is 3.70. The predicted octanol–water partition coefficient (Wildman–Crippen LogP) is 4.16. The quantitative estimate of drug-likeness (QED) is 0.733. The van der Waals surface area contributed by atoms with Gasteiger partial charge >= 0.3 is 0 Å². The van der Waals surface area contributed by atoms with Crippen LogP contribution in [0.3, 0.4) is 0 Å². The first-order chi connectivity index (χ1) is 11.7. The van der Waals surface area contributed by atoms with Gasteiger partial charge in [0.25, 0.3) is 0 Å². The molecule has 5 heteroatoms. The van der Waals surface area contributed by atoms with Gasteiger partial charge in [0.1, 0.15) is 0 Å². The summed E-state index contributed by atoms with van der Waals surface area (Å²) in [6.45, 7) is 0.499. The third kappa shape index (κ3) is 4.46. The maximum Gasteiger partial charge on any atom is 0.226 e. The summed E-state index contributed by atoms with van der Waals surface area (Å²) in [5.41, 5.74) is 3.16. The number of anilines is 1. The molecule has 24 heavy (non-hydrogen) atoms. The summed E-state index contributed by atoms with van der Waals surface area (Å²) in [5.74, 6) is -0.0397. The van der Waals surface area contributed by atoms with Gasteiger partial charge in [-0.1, -0.05) is 60.1 Å². The van der Waals surface area contributed by atoms with E-state index in [1.54, 1.807) is 17.1 Å². The van der Waals surface area contributed by atoms with Gasteiger partial charge in [0, 0.05) is 24.8 Å². The molecule has 0 saturated carbocycles. The van der Waals surface area contributed by atoms with Crippen molar-refractivity contribution in [1.29, 1.82) is 0 Å². The van der Waals surface area contributed by atoms with Gasteiger partial charge in [-0.05, 0) is 23.6 Å². The number of aromatic nitrogens is 2. The lowest BCUT2D eigenvalue weighted by atomic mass is 10.0.